The number of carbonyl (C=O) groups excluding carboxylic acids is 2. The molecule has 7 heteroatoms. The first-order valence-corrected chi connectivity index (χ1v) is 11.7. The van der Waals surface area contributed by atoms with Crippen LogP contribution in [-0.4, -0.2) is 25.0 Å². The van der Waals surface area contributed by atoms with E-state index in [9.17, 15) is 9.59 Å². The van der Waals surface area contributed by atoms with Crippen LogP contribution in [0, 0.1) is 6.92 Å². The Morgan fingerprint density at radius 3 is 2.41 bits per heavy atom. The fourth-order valence-electron chi connectivity index (χ4n) is 3.62. The maximum absolute atomic E-state index is 13.0. The highest BCUT2D eigenvalue weighted by Gasteiger charge is 2.16. The van der Waals surface area contributed by atoms with Crippen LogP contribution < -0.4 is 20.1 Å². The second-order valence-corrected chi connectivity index (χ2v) is 8.91. The number of hydrogen-bond acceptors (Lipinski definition) is 5. The first-order valence-electron chi connectivity index (χ1n) is 10.8. The van der Waals surface area contributed by atoms with Crippen LogP contribution in [0.4, 0.5) is 11.4 Å². The molecule has 170 valence electrons. The number of thiophene rings is 1. The lowest BCUT2D eigenvalue weighted by Crippen LogP contribution is -2.15. The minimum atomic E-state index is -0.205. The van der Waals surface area contributed by atoms with Crippen molar-refractivity contribution >= 4 is 34.5 Å². The Hall–Kier alpha value is -4.10. The van der Waals surface area contributed by atoms with Crippen molar-refractivity contribution in [1.29, 1.82) is 0 Å². The maximum atomic E-state index is 13.0. The minimum Gasteiger partial charge on any atom is -0.486 e. The van der Waals surface area contributed by atoms with Crippen LogP contribution in [0.25, 0.3) is 10.4 Å². The zero-order valence-corrected chi connectivity index (χ0v) is 19.3. The molecule has 2 heterocycles. The summed E-state index contributed by atoms with van der Waals surface area (Å²) in [5.74, 6) is 1.04. The average molecular weight is 471 g/mol. The summed E-state index contributed by atoms with van der Waals surface area (Å²) < 4.78 is 11.3. The summed E-state index contributed by atoms with van der Waals surface area (Å²) in [6.07, 6.45) is 0. The molecule has 5 rings (SSSR count). The first-order chi connectivity index (χ1) is 16.6. The van der Waals surface area contributed by atoms with Crippen molar-refractivity contribution < 1.29 is 19.1 Å². The maximum Gasteiger partial charge on any atom is 0.265 e. The molecule has 3 aromatic carbocycles. The number of fused-ring (bicyclic) bond motifs is 1. The molecule has 0 saturated carbocycles. The molecule has 0 unspecified atom stereocenters. The van der Waals surface area contributed by atoms with E-state index < -0.39 is 0 Å². The van der Waals surface area contributed by atoms with Gasteiger partial charge in [-0.1, -0.05) is 24.3 Å². The monoisotopic (exact) mass is 470 g/mol. The Balaban J connectivity index is 1.30. The molecular weight excluding hydrogens is 448 g/mol. The Kier molecular flexibility index (Phi) is 6.01. The summed E-state index contributed by atoms with van der Waals surface area (Å²) >= 11 is 1.40. The van der Waals surface area contributed by atoms with Gasteiger partial charge in [0.05, 0.1) is 4.88 Å². The summed E-state index contributed by atoms with van der Waals surface area (Å²) in [5, 5.41) is 5.85. The lowest BCUT2D eigenvalue weighted by atomic mass is 10.1. The van der Waals surface area contributed by atoms with Crippen LogP contribution in [0.5, 0.6) is 11.5 Å². The van der Waals surface area contributed by atoms with E-state index in [1.54, 1.807) is 18.2 Å². The molecule has 0 spiro atoms. The van der Waals surface area contributed by atoms with Crippen LogP contribution in [0.15, 0.2) is 78.9 Å². The van der Waals surface area contributed by atoms with Crippen LogP contribution in [0.1, 0.15) is 25.6 Å². The molecule has 0 bridgehead atoms. The quantitative estimate of drug-likeness (QED) is 0.375. The number of amides is 2. The molecule has 0 fully saturated rings. The van der Waals surface area contributed by atoms with E-state index in [4.69, 9.17) is 9.47 Å². The molecule has 2 N–H and O–H groups in total. The van der Waals surface area contributed by atoms with E-state index in [2.05, 4.69) is 10.6 Å². The van der Waals surface area contributed by atoms with Gasteiger partial charge in [-0.15, -0.1) is 11.3 Å². The van der Waals surface area contributed by atoms with Crippen molar-refractivity contribution in [3.63, 3.8) is 0 Å². The summed E-state index contributed by atoms with van der Waals surface area (Å²) in [6.45, 7) is 2.98. The van der Waals surface area contributed by atoms with Crippen LogP contribution in [-0.2, 0) is 0 Å². The molecule has 1 aromatic heterocycles. The van der Waals surface area contributed by atoms with E-state index in [0.29, 0.717) is 40.8 Å². The second-order valence-electron chi connectivity index (χ2n) is 7.83. The molecule has 4 aromatic rings. The third-order valence-corrected chi connectivity index (χ3v) is 6.57. The zero-order chi connectivity index (χ0) is 23.5. The van der Waals surface area contributed by atoms with Gasteiger partial charge in [0.15, 0.2) is 11.5 Å². The summed E-state index contributed by atoms with van der Waals surface area (Å²) in [7, 11) is 0. The standard InChI is InChI=1S/C27H22N2O4S/c1-17-7-9-20(28-26(30)18-5-3-2-4-6-18)16-21(17)29-27(31)25-12-11-24(34-25)19-8-10-22-23(15-19)33-14-13-32-22/h2-12,15-16H,13-14H2,1H3,(H,28,30)(H,29,31). The average Bonchev–Trinajstić information content (AvgIpc) is 3.37. The van der Waals surface area contributed by atoms with Gasteiger partial charge in [-0.3, -0.25) is 9.59 Å². The molecule has 6 nitrogen and oxygen atoms in total. The van der Waals surface area contributed by atoms with E-state index in [1.165, 1.54) is 11.3 Å². The topological polar surface area (TPSA) is 76.7 Å². The number of rotatable bonds is 5. The number of aryl methyl sites for hydroxylation is 1. The van der Waals surface area contributed by atoms with Crippen LogP contribution in [0.3, 0.4) is 0 Å². The van der Waals surface area contributed by atoms with Crippen molar-refractivity contribution in [2.45, 2.75) is 6.92 Å². The van der Waals surface area contributed by atoms with Gasteiger partial charge in [-0.05, 0) is 72.6 Å². The van der Waals surface area contributed by atoms with Gasteiger partial charge in [0.2, 0.25) is 0 Å². The Morgan fingerprint density at radius 2 is 1.59 bits per heavy atom. The second kappa shape index (κ2) is 9.41. The molecule has 0 radical (unpaired) electrons. The van der Waals surface area contributed by atoms with Crippen molar-refractivity contribution in [2.24, 2.45) is 0 Å². The fourth-order valence-corrected chi connectivity index (χ4v) is 4.52. The number of carbonyl (C=O) groups is 2. The number of anilines is 2. The highest BCUT2D eigenvalue weighted by Crippen LogP contribution is 2.37. The summed E-state index contributed by atoms with van der Waals surface area (Å²) in [5.41, 5.74) is 3.69. The molecule has 2 amide bonds. The molecule has 0 atom stereocenters. The van der Waals surface area contributed by atoms with Gasteiger partial charge in [0.1, 0.15) is 13.2 Å². The zero-order valence-electron chi connectivity index (χ0n) is 18.5. The van der Waals surface area contributed by atoms with Gasteiger partial charge < -0.3 is 20.1 Å². The molecule has 1 aliphatic rings. The highest BCUT2D eigenvalue weighted by molar-refractivity contribution is 7.17. The van der Waals surface area contributed by atoms with Crippen molar-refractivity contribution in [1.82, 2.24) is 0 Å². The van der Waals surface area contributed by atoms with Gasteiger partial charge in [-0.2, -0.15) is 0 Å². The predicted octanol–water partition coefficient (Wildman–Crippen LogP) is 6.00. The third-order valence-electron chi connectivity index (χ3n) is 5.44. The van der Waals surface area contributed by atoms with Gasteiger partial charge in [0.25, 0.3) is 11.8 Å². The Morgan fingerprint density at radius 1 is 0.794 bits per heavy atom. The van der Waals surface area contributed by atoms with Crippen molar-refractivity contribution in [3.8, 4) is 21.9 Å². The smallest absolute Gasteiger partial charge is 0.265 e. The van der Waals surface area contributed by atoms with E-state index >= 15 is 0 Å². The van der Waals surface area contributed by atoms with Crippen LogP contribution in [0.2, 0.25) is 0 Å². The molecule has 0 saturated heterocycles. The SMILES string of the molecule is Cc1ccc(NC(=O)c2ccccc2)cc1NC(=O)c1ccc(-c2ccc3c(c2)OCCO3)s1. The third kappa shape index (κ3) is 4.65. The van der Waals surface area contributed by atoms with Crippen molar-refractivity contribution in [2.75, 3.05) is 23.8 Å². The van der Waals surface area contributed by atoms with Gasteiger partial charge in [-0.25, -0.2) is 0 Å². The van der Waals surface area contributed by atoms with E-state index in [1.807, 2.05) is 67.6 Å². The van der Waals surface area contributed by atoms with Crippen LogP contribution >= 0.6 is 11.3 Å². The lowest BCUT2D eigenvalue weighted by Gasteiger charge is -2.18. The summed E-state index contributed by atoms with van der Waals surface area (Å²) in [4.78, 5) is 27.0. The first kappa shape index (κ1) is 21.7. The largest absolute Gasteiger partial charge is 0.486 e. The number of benzene rings is 3. The molecular formula is C27H22N2O4S. The Bertz CT molecular complexity index is 1360. The highest BCUT2D eigenvalue weighted by atomic mass is 32.1. The number of ether oxygens (including phenoxy) is 2. The molecule has 34 heavy (non-hydrogen) atoms. The predicted molar refractivity (Wildman–Crippen MR) is 134 cm³/mol. The number of nitrogens with one attached hydrogen (secondary N) is 2. The normalized spacial score (nSPS) is 12.1. The molecule has 1 aliphatic heterocycles. The fraction of sp³-hybridized carbons (Fsp3) is 0.111. The van der Waals surface area contributed by atoms with Gasteiger partial charge >= 0.3 is 0 Å². The Labute approximate surface area is 201 Å². The van der Waals surface area contributed by atoms with E-state index in [0.717, 1.165) is 21.8 Å². The minimum absolute atomic E-state index is 0.205. The number of hydrogen-bond donors (Lipinski definition) is 2. The summed E-state index contributed by atoms with van der Waals surface area (Å²) in [6, 6.07) is 24.0. The van der Waals surface area contributed by atoms with E-state index in [-0.39, 0.29) is 11.8 Å². The van der Waals surface area contributed by atoms with Gasteiger partial charge in [0, 0.05) is 21.8 Å². The van der Waals surface area contributed by atoms with Crippen molar-refractivity contribution in [3.05, 3.63) is 94.9 Å². The molecule has 0 aliphatic carbocycles. The lowest BCUT2D eigenvalue weighted by molar-refractivity contribution is 0.102.